The fourth-order valence-corrected chi connectivity index (χ4v) is 4.56. The molecule has 0 radical (unpaired) electrons. The average molecular weight is 468 g/mol. The molecule has 11 heteroatoms. The van der Waals surface area contributed by atoms with Crippen LogP contribution in [0.3, 0.4) is 0 Å². The van der Waals surface area contributed by atoms with Gasteiger partial charge in [-0.2, -0.15) is 4.31 Å². The molecule has 1 aliphatic heterocycles. The molecule has 168 valence electrons. The molecule has 1 fully saturated rings. The second-order valence-corrected chi connectivity index (χ2v) is 10.1. The van der Waals surface area contributed by atoms with Gasteiger partial charge < -0.3 is 15.0 Å². The van der Waals surface area contributed by atoms with E-state index in [4.69, 9.17) is 16.3 Å². The van der Waals surface area contributed by atoms with E-state index in [1.54, 1.807) is 56.6 Å². The Bertz CT molecular complexity index is 978. The molecule has 0 bridgehead atoms. The first kappa shape index (κ1) is 23.2. The van der Waals surface area contributed by atoms with Crippen molar-refractivity contribution in [2.24, 2.45) is 0 Å². The highest BCUT2D eigenvalue weighted by atomic mass is 35.5. The minimum Gasteiger partial charge on any atom is -0.478 e. The highest BCUT2D eigenvalue weighted by molar-refractivity contribution is 7.89. The number of hydrogen-bond acceptors (Lipinski definition) is 7. The van der Waals surface area contributed by atoms with Gasteiger partial charge in [-0.15, -0.1) is 0 Å². The van der Waals surface area contributed by atoms with Crippen LogP contribution in [-0.2, 0) is 14.8 Å². The number of benzene rings is 1. The van der Waals surface area contributed by atoms with E-state index >= 15 is 0 Å². The largest absolute Gasteiger partial charge is 0.478 e. The smallest absolute Gasteiger partial charge is 0.263 e. The van der Waals surface area contributed by atoms with Gasteiger partial charge >= 0.3 is 0 Å². The van der Waals surface area contributed by atoms with Gasteiger partial charge in [0, 0.05) is 50.1 Å². The number of carbonyl (C=O) groups is 1. The lowest BCUT2D eigenvalue weighted by Gasteiger charge is -2.34. The summed E-state index contributed by atoms with van der Waals surface area (Å²) in [6.45, 7) is 4.96. The van der Waals surface area contributed by atoms with Gasteiger partial charge in [0.2, 0.25) is 16.0 Å². The highest BCUT2D eigenvalue weighted by Crippen LogP contribution is 2.21. The molecule has 0 spiro atoms. The second-order valence-electron chi connectivity index (χ2n) is 7.57. The van der Waals surface area contributed by atoms with Gasteiger partial charge in [0.1, 0.15) is 5.75 Å². The van der Waals surface area contributed by atoms with Gasteiger partial charge in [-0.1, -0.05) is 11.6 Å². The number of hydrogen-bond donors (Lipinski definition) is 1. The van der Waals surface area contributed by atoms with Crippen molar-refractivity contribution in [3.8, 4) is 5.75 Å². The number of amides is 1. The predicted molar refractivity (Wildman–Crippen MR) is 119 cm³/mol. The van der Waals surface area contributed by atoms with Gasteiger partial charge in [-0.05, 0) is 44.2 Å². The Balaban J connectivity index is 1.46. The first-order valence-electron chi connectivity index (χ1n) is 9.90. The van der Waals surface area contributed by atoms with Crippen LogP contribution in [0.15, 0.2) is 42.7 Å². The van der Waals surface area contributed by atoms with Crippen molar-refractivity contribution in [2.45, 2.75) is 19.4 Å². The van der Waals surface area contributed by atoms with Crippen LogP contribution in [-0.4, -0.2) is 72.7 Å². The monoisotopic (exact) mass is 467 g/mol. The molecular formula is C20H26ClN5O4S. The minimum absolute atomic E-state index is 0.00339. The van der Waals surface area contributed by atoms with Crippen molar-refractivity contribution in [1.29, 1.82) is 0 Å². The molecule has 9 nitrogen and oxygen atoms in total. The van der Waals surface area contributed by atoms with Gasteiger partial charge in [-0.3, -0.25) is 4.79 Å². The number of carbonyl (C=O) groups excluding carboxylic acids is 1. The molecule has 0 aliphatic carbocycles. The Kier molecular flexibility index (Phi) is 7.34. The molecule has 1 N–H and O–H groups in total. The summed E-state index contributed by atoms with van der Waals surface area (Å²) < 4.78 is 32.5. The Hall–Kier alpha value is -2.43. The van der Waals surface area contributed by atoms with Gasteiger partial charge in [0.25, 0.3) is 5.91 Å². The van der Waals surface area contributed by atoms with Crippen molar-refractivity contribution >= 4 is 33.5 Å². The summed E-state index contributed by atoms with van der Waals surface area (Å²) in [6, 6.07) is 8.41. The summed E-state index contributed by atoms with van der Waals surface area (Å²) in [7, 11) is -3.50. The zero-order chi connectivity index (χ0) is 22.5. The molecule has 0 saturated carbocycles. The van der Waals surface area contributed by atoms with Crippen LogP contribution in [0, 0.1) is 0 Å². The molecule has 2 aromatic rings. The molecule has 0 unspecified atom stereocenters. The SMILES string of the molecule is CC(C)(Oc1ccc(Cl)cc1)C(=O)NCCS(=O)(=O)N1CCN(c2ncccn2)CC1. The topological polar surface area (TPSA) is 105 Å². The number of rotatable bonds is 8. The highest BCUT2D eigenvalue weighted by Gasteiger charge is 2.31. The number of aromatic nitrogens is 2. The van der Waals surface area contributed by atoms with Crippen molar-refractivity contribution in [1.82, 2.24) is 19.6 Å². The molecule has 1 aliphatic rings. The number of nitrogens with zero attached hydrogens (tertiary/aromatic N) is 4. The van der Waals surface area contributed by atoms with Crippen molar-refractivity contribution < 1.29 is 17.9 Å². The molecular weight excluding hydrogens is 442 g/mol. The van der Waals surface area contributed by atoms with Gasteiger partial charge in [0.15, 0.2) is 5.60 Å². The molecule has 1 amide bonds. The lowest BCUT2D eigenvalue weighted by atomic mass is 10.1. The third kappa shape index (κ3) is 6.28. The lowest BCUT2D eigenvalue weighted by molar-refractivity contribution is -0.134. The fourth-order valence-electron chi connectivity index (χ4n) is 3.10. The van der Waals surface area contributed by atoms with Crippen molar-refractivity contribution in [3.63, 3.8) is 0 Å². The summed E-state index contributed by atoms with van der Waals surface area (Å²) in [5, 5.41) is 3.22. The molecule has 2 heterocycles. The van der Waals surface area contributed by atoms with E-state index in [0.717, 1.165) is 0 Å². The maximum absolute atomic E-state index is 12.7. The minimum atomic E-state index is -3.50. The van der Waals surface area contributed by atoms with E-state index in [9.17, 15) is 13.2 Å². The zero-order valence-electron chi connectivity index (χ0n) is 17.5. The van der Waals surface area contributed by atoms with E-state index in [-0.39, 0.29) is 12.3 Å². The maximum atomic E-state index is 12.7. The summed E-state index contributed by atoms with van der Waals surface area (Å²) >= 11 is 5.86. The molecule has 0 atom stereocenters. The number of sulfonamides is 1. The molecule has 1 aromatic heterocycles. The van der Waals surface area contributed by atoms with Gasteiger partial charge in [-0.25, -0.2) is 18.4 Å². The van der Waals surface area contributed by atoms with Crippen LogP contribution >= 0.6 is 11.6 Å². The Morgan fingerprint density at radius 3 is 2.35 bits per heavy atom. The second kappa shape index (κ2) is 9.80. The lowest BCUT2D eigenvalue weighted by Crippen LogP contribution is -2.51. The van der Waals surface area contributed by atoms with Crippen molar-refractivity contribution in [3.05, 3.63) is 47.7 Å². The summed E-state index contributed by atoms with van der Waals surface area (Å²) in [5.74, 6) is 0.508. The number of halogens is 1. The maximum Gasteiger partial charge on any atom is 0.263 e. The van der Waals surface area contributed by atoms with Crippen LogP contribution < -0.4 is 15.0 Å². The van der Waals surface area contributed by atoms with Crippen LogP contribution in [0.1, 0.15) is 13.8 Å². The third-order valence-electron chi connectivity index (χ3n) is 4.85. The number of piperazine rings is 1. The summed E-state index contributed by atoms with van der Waals surface area (Å²) in [4.78, 5) is 22.8. The molecule has 31 heavy (non-hydrogen) atoms. The zero-order valence-corrected chi connectivity index (χ0v) is 19.1. The van der Waals surface area contributed by atoms with E-state index < -0.39 is 21.5 Å². The first-order valence-corrected chi connectivity index (χ1v) is 11.9. The Morgan fingerprint density at radius 2 is 1.74 bits per heavy atom. The van der Waals surface area contributed by atoms with Crippen LogP contribution in [0.25, 0.3) is 0 Å². The predicted octanol–water partition coefficient (Wildman–Crippen LogP) is 1.56. The fraction of sp³-hybridized carbons (Fsp3) is 0.450. The van der Waals surface area contributed by atoms with E-state index in [0.29, 0.717) is 42.9 Å². The van der Waals surface area contributed by atoms with Crippen LogP contribution in [0.4, 0.5) is 5.95 Å². The summed E-state index contributed by atoms with van der Waals surface area (Å²) in [6.07, 6.45) is 3.32. The Morgan fingerprint density at radius 1 is 1.13 bits per heavy atom. The van der Waals surface area contributed by atoms with E-state index in [2.05, 4.69) is 15.3 Å². The quantitative estimate of drug-likeness (QED) is 0.628. The molecule has 1 aromatic carbocycles. The molecule has 3 rings (SSSR count). The third-order valence-corrected chi connectivity index (χ3v) is 6.97. The number of nitrogens with one attached hydrogen (secondary N) is 1. The standard InChI is InChI=1S/C20H26ClN5O4S/c1-20(2,30-17-6-4-16(21)5-7-17)18(27)22-10-15-31(28,29)26-13-11-25(12-14-26)19-23-8-3-9-24-19/h3-9H,10-15H2,1-2H3,(H,22,27). The normalized spacial score (nSPS) is 15.5. The van der Waals surface area contributed by atoms with Crippen LogP contribution in [0.2, 0.25) is 5.02 Å². The Labute approximate surface area is 187 Å². The van der Waals surface area contributed by atoms with Crippen LogP contribution in [0.5, 0.6) is 5.75 Å². The summed E-state index contributed by atoms with van der Waals surface area (Å²) in [5.41, 5.74) is -1.17. The van der Waals surface area contributed by atoms with Crippen molar-refractivity contribution in [2.75, 3.05) is 43.4 Å². The number of anilines is 1. The van der Waals surface area contributed by atoms with Gasteiger partial charge in [0.05, 0.1) is 5.75 Å². The van der Waals surface area contributed by atoms with E-state index in [1.165, 1.54) is 4.31 Å². The van der Waals surface area contributed by atoms with E-state index in [1.807, 2.05) is 4.90 Å². The first-order chi connectivity index (χ1) is 14.7. The molecule has 1 saturated heterocycles. The average Bonchev–Trinajstić information content (AvgIpc) is 2.76. The number of ether oxygens (including phenoxy) is 1.